The maximum absolute atomic E-state index is 12.2. The van der Waals surface area contributed by atoms with E-state index in [0.717, 1.165) is 12.8 Å². The summed E-state index contributed by atoms with van der Waals surface area (Å²) in [5.41, 5.74) is 4.04. The van der Waals surface area contributed by atoms with Crippen LogP contribution in [0.3, 0.4) is 0 Å². The summed E-state index contributed by atoms with van der Waals surface area (Å²) in [5, 5.41) is 4.12. The summed E-state index contributed by atoms with van der Waals surface area (Å²) in [5.74, 6) is -0.167. The first-order valence-corrected chi connectivity index (χ1v) is 8.13. The molecule has 1 aromatic carbocycles. The summed E-state index contributed by atoms with van der Waals surface area (Å²) in [7, 11) is 1.64. The Morgan fingerprint density at radius 3 is 2.79 bits per heavy atom. The Labute approximate surface area is 140 Å². The van der Waals surface area contributed by atoms with E-state index in [1.165, 1.54) is 32.7 Å². The third-order valence-electron chi connectivity index (χ3n) is 4.30. The Balaban J connectivity index is 1.67. The Hall–Kier alpha value is -2.82. The molecule has 2 heterocycles. The molecule has 24 heavy (non-hydrogen) atoms. The molecule has 1 amide bonds. The molecule has 0 spiro atoms. The molecular weight excluding hydrogens is 302 g/mol. The number of rotatable bonds is 5. The molecular formula is C19H21N3O2. The van der Waals surface area contributed by atoms with Gasteiger partial charge in [-0.1, -0.05) is 25.1 Å². The highest BCUT2D eigenvalue weighted by atomic mass is 16.1. The molecule has 5 nitrogen and oxygen atoms in total. The molecule has 2 N–H and O–H groups in total. The molecule has 3 aromatic rings. The van der Waals surface area contributed by atoms with Crippen LogP contribution in [0.1, 0.15) is 28.4 Å². The SMILES string of the molecule is CCc1cccc2c(CCNC(=O)c3ccc(=O)n(C)c3)c[nH]c12. The van der Waals surface area contributed by atoms with Crippen LogP contribution in [-0.4, -0.2) is 22.0 Å². The number of carbonyl (C=O) groups excluding carboxylic acids is 1. The van der Waals surface area contributed by atoms with Crippen molar-refractivity contribution in [2.24, 2.45) is 7.05 Å². The fraction of sp³-hybridized carbons (Fsp3) is 0.263. The molecule has 3 rings (SSSR count). The van der Waals surface area contributed by atoms with E-state index in [4.69, 9.17) is 0 Å². The number of amides is 1. The van der Waals surface area contributed by atoms with Gasteiger partial charge >= 0.3 is 0 Å². The predicted octanol–water partition coefficient (Wildman–Crippen LogP) is 2.40. The summed E-state index contributed by atoms with van der Waals surface area (Å²) in [6, 6.07) is 9.26. The van der Waals surface area contributed by atoms with E-state index in [2.05, 4.69) is 35.4 Å². The van der Waals surface area contributed by atoms with Gasteiger partial charge in [0.05, 0.1) is 5.56 Å². The van der Waals surface area contributed by atoms with E-state index in [1.54, 1.807) is 19.3 Å². The van der Waals surface area contributed by atoms with Gasteiger partial charge in [-0.15, -0.1) is 0 Å². The Morgan fingerprint density at radius 1 is 1.21 bits per heavy atom. The lowest BCUT2D eigenvalue weighted by Crippen LogP contribution is -2.27. The highest BCUT2D eigenvalue weighted by Gasteiger charge is 2.09. The number of benzene rings is 1. The van der Waals surface area contributed by atoms with Crippen LogP contribution in [0.25, 0.3) is 10.9 Å². The second-order valence-electron chi connectivity index (χ2n) is 5.88. The van der Waals surface area contributed by atoms with Crippen LogP contribution in [0.5, 0.6) is 0 Å². The van der Waals surface area contributed by atoms with Crippen LogP contribution >= 0.6 is 0 Å². The minimum Gasteiger partial charge on any atom is -0.361 e. The number of nitrogens with one attached hydrogen (secondary N) is 2. The number of H-pyrrole nitrogens is 1. The molecule has 2 aromatic heterocycles. The van der Waals surface area contributed by atoms with Crippen LogP contribution in [0.4, 0.5) is 0 Å². The highest BCUT2D eigenvalue weighted by molar-refractivity contribution is 5.94. The number of para-hydroxylation sites is 1. The van der Waals surface area contributed by atoms with E-state index in [0.29, 0.717) is 12.1 Å². The largest absolute Gasteiger partial charge is 0.361 e. The first kappa shape index (κ1) is 16.1. The standard InChI is InChI=1S/C19H21N3O2/c1-3-13-5-4-6-16-14(11-21-18(13)16)9-10-20-19(24)15-7-8-17(23)22(2)12-15/h4-8,11-12,21H,3,9-10H2,1-2H3,(H,20,24). The molecule has 0 bridgehead atoms. The second-order valence-corrected chi connectivity index (χ2v) is 5.88. The number of pyridine rings is 1. The molecule has 0 radical (unpaired) electrons. The number of nitrogens with zero attached hydrogens (tertiary/aromatic N) is 1. The minimum absolute atomic E-state index is 0.128. The van der Waals surface area contributed by atoms with E-state index in [1.807, 2.05) is 6.20 Å². The molecule has 0 unspecified atom stereocenters. The number of fused-ring (bicyclic) bond motifs is 1. The normalized spacial score (nSPS) is 10.9. The lowest BCUT2D eigenvalue weighted by molar-refractivity contribution is 0.0953. The van der Waals surface area contributed by atoms with Crippen molar-refractivity contribution in [3.63, 3.8) is 0 Å². The van der Waals surface area contributed by atoms with Crippen LogP contribution in [0.2, 0.25) is 0 Å². The van der Waals surface area contributed by atoms with Gasteiger partial charge in [0.2, 0.25) is 5.56 Å². The molecule has 124 valence electrons. The first-order valence-electron chi connectivity index (χ1n) is 8.13. The van der Waals surface area contributed by atoms with Crippen molar-refractivity contribution in [1.82, 2.24) is 14.9 Å². The van der Waals surface area contributed by atoms with Crippen LogP contribution in [-0.2, 0) is 19.9 Å². The summed E-state index contributed by atoms with van der Waals surface area (Å²) >= 11 is 0. The number of hydrogen-bond donors (Lipinski definition) is 2. The Kier molecular flexibility index (Phi) is 4.51. The average molecular weight is 323 g/mol. The Bertz CT molecular complexity index is 937. The quantitative estimate of drug-likeness (QED) is 0.757. The average Bonchev–Trinajstić information content (AvgIpc) is 3.00. The maximum Gasteiger partial charge on any atom is 0.252 e. The number of aromatic amines is 1. The fourth-order valence-electron chi connectivity index (χ4n) is 2.92. The summed E-state index contributed by atoms with van der Waals surface area (Å²) in [6.45, 7) is 2.69. The van der Waals surface area contributed by atoms with Crippen molar-refractivity contribution in [3.8, 4) is 0 Å². The molecule has 0 aliphatic rings. The number of aromatic nitrogens is 2. The van der Waals surface area contributed by atoms with Crippen molar-refractivity contribution >= 4 is 16.8 Å². The second kappa shape index (κ2) is 6.74. The van der Waals surface area contributed by atoms with E-state index < -0.39 is 0 Å². The van der Waals surface area contributed by atoms with Gasteiger partial charge in [0.15, 0.2) is 0 Å². The van der Waals surface area contributed by atoms with Gasteiger partial charge in [0.25, 0.3) is 5.91 Å². The minimum atomic E-state index is -0.167. The van der Waals surface area contributed by atoms with Gasteiger partial charge in [-0.2, -0.15) is 0 Å². The summed E-state index contributed by atoms with van der Waals surface area (Å²) < 4.78 is 1.40. The lowest BCUT2D eigenvalue weighted by Gasteiger charge is -2.06. The molecule has 0 saturated heterocycles. The smallest absolute Gasteiger partial charge is 0.252 e. The molecule has 0 atom stereocenters. The first-order chi connectivity index (χ1) is 11.6. The molecule has 0 fully saturated rings. The lowest BCUT2D eigenvalue weighted by atomic mass is 10.1. The van der Waals surface area contributed by atoms with E-state index in [9.17, 15) is 9.59 Å². The maximum atomic E-state index is 12.2. The van der Waals surface area contributed by atoms with Crippen LogP contribution in [0.15, 0.2) is 47.5 Å². The number of carbonyl (C=O) groups is 1. The monoisotopic (exact) mass is 323 g/mol. The molecule has 0 saturated carbocycles. The van der Waals surface area contributed by atoms with Crippen LogP contribution in [0, 0.1) is 0 Å². The number of hydrogen-bond acceptors (Lipinski definition) is 2. The van der Waals surface area contributed by atoms with Crippen molar-refractivity contribution in [1.29, 1.82) is 0 Å². The van der Waals surface area contributed by atoms with Crippen molar-refractivity contribution in [2.45, 2.75) is 19.8 Å². The van der Waals surface area contributed by atoms with Gasteiger partial charge in [-0.05, 0) is 30.0 Å². The third-order valence-corrected chi connectivity index (χ3v) is 4.30. The zero-order chi connectivity index (χ0) is 17.1. The molecule has 0 aliphatic heterocycles. The van der Waals surface area contributed by atoms with Gasteiger partial charge in [-0.3, -0.25) is 9.59 Å². The van der Waals surface area contributed by atoms with E-state index >= 15 is 0 Å². The van der Waals surface area contributed by atoms with Crippen LogP contribution < -0.4 is 10.9 Å². The zero-order valence-electron chi connectivity index (χ0n) is 13.9. The van der Waals surface area contributed by atoms with E-state index in [-0.39, 0.29) is 11.5 Å². The van der Waals surface area contributed by atoms with Gasteiger partial charge in [0, 0.05) is 43.0 Å². The van der Waals surface area contributed by atoms with Gasteiger partial charge < -0.3 is 14.9 Å². The topological polar surface area (TPSA) is 66.9 Å². The zero-order valence-corrected chi connectivity index (χ0v) is 13.9. The van der Waals surface area contributed by atoms with Crippen molar-refractivity contribution < 1.29 is 4.79 Å². The summed E-state index contributed by atoms with van der Waals surface area (Å²) in [6.07, 6.45) is 5.31. The molecule has 0 aliphatic carbocycles. The third kappa shape index (κ3) is 3.11. The molecule has 5 heteroatoms. The van der Waals surface area contributed by atoms with Gasteiger partial charge in [0.1, 0.15) is 0 Å². The van der Waals surface area contributed by atoms with Gasteiger partial charge in [-0.25, -0.2) is 0 Å². The Morgan fingerprint density at radius 2 is 2.04 bits per heavy atom. The fourth-order valence-corrected chi connectivity index (χ4v) is 2.92. The van der Waals surface area contributed by atoms with Crippen molar-refractivity contribution in [2.75, 3.05) is 6.54 Å². The highest BCUT2D eigenvalue weighted by Crippen LogP contribution is 2.22. The predicted molar refractivity (Wildman–Crippen MR) is 95.4 cm³/mol. The number of aryl methyl sites for hydroxylation is 2. The summed E-state index contributed by atoms with van der Waals surface area (Å²) in [4.78, 5) is 26.9. The van der Waals surface area contributed by atoms with Crippen molar-refractivity contribution in [3.05, 3.63) is 69.8 Å².